The van der Waals surface area contributed by atoms with E-state index < -0.39 is 0 Å². The molecular formula is C11H11ClO3. The normalized spacial score (nSPS) is 9.80. The van der Waals surface area contributed by atoms with Crippen molar-refractivity contribution >= 4 is 23.9 Å². The van der Waals surface area contributed by atoms with Gasteiger partial charge in [-0.2, -0.15) is 0 Å². The molecule has 0 saturated carbocycles. The Labute approximate surface area is 93.0 Å². The van der Waals surface area contributed by atoms with E-state index in [1.807, 2.05) is 0 Å². The highest BCUT2D eigenvalue weighted by Gasteiger charge is 2.11. The van der Waals surface area contributed by atoms with E-state index in [-0.39, 0.29) is 12.4 Å². The SMILES string of the molecule is COC(=O)Cc1cc(Cl)cc(C)c1C=O. The van der Waals surface area contributed by atoms with Gasteiger partial charge in [0.15, 0.2) is 6.29 Å². The van der Waals surface area contributed by atoms with Crippen molar-refractivity contribution in [2.45, 2.75) is 13.3 Å². The lowest BCUT2D eigenvalue weighted by Gasteiger charge is -2.07. The Morgan fingerprint density at radius 1 is 1.53 bits per heavy atom. The summed E-state index contributed by atoms with van der Waals surface area (Å²) < 4.78 is 4.54. The summed E-state index contributed by atoms with van der Waals surface area (Å²) in [4.78, 5) is 21.9. The molecule has 0 radical (unpaired) electrons. The summed E-state index contributed by atoms with van der Waals surface area (Å²) in [6, 6.07) is 3.29. The lowest BCUT2D eigenvalue weighted by molar-refractivity contribution is -0.139. The minimum atomic E-state index is -0.389. The Kier molecular flexibility index (Phi) is 3.86. The molecule has 0 fully saturated rings. The van der Waals surface area contributed by atoms with Crippen molar-refractivity contribution in [2.75, 3.05) is 7.11 Å². The number of hydrogen-bond donors (Lipinski definition) is 0. The molecule has 1 aromatic rings. The summed E-state index contributed by atoms with van der Waals surface area (Å²) in [6.07, 6.45) is 0.788. The summed E-state index contributed by atoms with van der Waals surface area (Å²) in [5.41, 5.74) is 1.86. The highest BCUT2D eigenvalue weighted by molar-refractivity contribution is 6.30. The van der Waals surface area contributed by atoms with Crippen LogP contribution < -0.4 is 0 Å². The van der Waals surface area contributed by atoms with E-state index in [1.165, 1.54) is 7.11 Å². The average Bonchev–Trinajstić information content (AvgIpc) is 2.17. The molecule has 0 N–H and O–H groups in total. The van der Waals surface area contributed by atoms with Gasteiger partial charge in [-0.15, -0.1) is 0 Å². The lowest BCUT2D eigenvalue weighted by Crippen LogP contribution is -2.07. The zero-order chi connectivity index (χ0) is 11.4. The summed E-state index contributed by atoms with van der Waals surface area (Å²) in [7, 11) is 1.31. The fourth-order valence-electron chi connectivity index (χ4n) is 1.37. The van der Waals surface area contributed by atoms with Gasteiger partial charge < -0.3 is 4.74 Å². The quantitative estimate of drug-likeness (QED) is 0.586. The van der Waals surface area contributed by atoms with Crippen LogP contribution in [0.2, 0.25) is 5.02 Å². The van der Waals surface area contributed by atoms with Crippen molar-refractivity contribution in [3.63, 3.8) is 0 Å². The van der Waals surface area contributed by atoms with Crippen LogP contribution >= 0.6 is 11.6 Å². The first kappa shape index (κ1) is 11.7. The van der Waals surface area contributed by atoms with Crippen molar-refractivity contribution < 1.29 is 14.3 Å². The second-order valence-corrected chi connectivity index (χ2v) is 3.60. The number of hydrogen-bond acceptors (Lipinski definition) is 3. The number of aryl methyl sites for hydroxylation is 1. The van der Waals surface area contributed by atoms with Crippen molar-refractivity contribution in [3.8, 4) is 0 Å². The van der Waals surface area contributed by atoms with Gasteiger partial charge >= 0.3 is 5.97 Å². The van der Waals surface area contributed by atoms with Gasteiger partial charge in [0.2, 0.25) is 0 Å². The molecule has 3 nitrogen and oxygen atoms in total. The summed E-state index contributed by atoms with van der Waals surface area (Å²) in [5.74, 6) is -0.389. The third kappa shape index (κ3) is 2.80. The van der Waals surface area contributed by atoms with E-state index in [4.69, 9.17) is 11.6 Å². The zero-order valence-electron chi connectivity index (χ0n) is 8.54. The molecule has 80 valence electrons. The van der Waals surface area contributed by atoms with Gasteiger partial charge in [-0.05, 0) is 30.2 Å². The molecule has 0 heterocycles. The second kappa shape index (κ2) is 4.94. The third-order valence-corrected chi connectivity index (χ3v) is 2.34. The van der Waals surface area contributed by atoms with Gasteiger partial charge in [0.1, 0.15) is 0 Å². The largest absolute Gasteiger partial charge is 0.469 e. The summed E-state index contributed by atoms with van der Waals surface area (Å²) >= 11 is 5.84. The molecule has 0 atom stereocenters. The molecule has 0 aliphatic rings. The van der Waals surface area contributed by atoms with Crippen molar-refractivity contribution in [3.05, 3.63) is 33.8 Å². The maximum absolute atomic E-state index is 11.1. The standard InChI is InChI=1S/C11H11ClO3/c1-7-3-9(12)4-8(10(7)6-13)5-11(14)15-2/h3-4,6H,5H2,1-2H3. The van der Waals surface area contributed by atoms with E-state index in [0.717, 1.165) is 11.8 Å². The van der Waals surface area contributed by atoms with Crippen molar-refractivity contribution in [1.82, 2.24) is 0 Å². The fraction of sp³-hybridized carbons (Fsp3) is 0.273. The number of ether oxygens (including phenoxy) is 1. The molecule has 0 unspecified atom stereocenters. The van der Waals surface area contributed by atoms with Gasteiger partial charge in [0.05, 0.1) is 13.5 Å². The molecule has 1 rings (SSSR count). The predicted octanol–water partition coefficient (Wildman–Crippen LogP) is 2.18. The second-order valence-electron chi connectivity index (χ2n) is 3.17. The lowest BCUT2D eigenvalue weighted by atomic mass is 10.0. The monoisotopic (exact) mass is 226 g/mol. The molecule has 0 spiro atoms. The molecule has 0 aliphatic heterocycles. The van der Waals surface area contributed by atoms with Crippen LogP contribution in [0, 0.1) is 6.92 Å². The Balaban J connectivity index is 3.14. The van der Waals surface area contributed by atoms with Gasteiger partial charge in [-0.1, -0.05) is 11.6 Å². The number of rotatable bonds is 3. The summed E-state index contributed by atoms with van der Waals surface area (Å²) in [5, 5.41) is 0.511. The van der Waals surface area contributed by atoms with Crippen LogP contribution in [0.15, 0.2) is 12.1 Å². The van der Waals surface area contributed by atoms with Crippen molar-refractivity contribution in [1.29, 1.82) is 0 Å². The first-order chi connectivity index (χ1) is 7.08. The highest BCUT2D eigenvalue weighted by Crippen LogP contribution is 2.20. The molecule has 0 aliphatic carbocycles. The molecule has 0 amide bonds. The van der Waals surface area contributed by atoms with Crippen LogP contribution in [0.3, 0.4) is 0 Å². The number of benzene rings is 1. The van der Waals surface area contributed by atoms with Crippen LogP contribution in [-0.4, -0.2) is 19.4 Å². The molecule has 1 aromatic carbocycles. The third-order valence-electron chi connectivity index (χ3n) is 2.12. The maximum atomic E-state index is 11.1. The number of halogens is 1. The predicted molar refractivity (Wildman–Crippen MR) is 57.3 cm³/mol. The molecule has 0 saturated heterocycles. The van der Waals surface area contributed by atoms with Crippen molar-refractivity contribution in [2.24, 2.45) is 0 Å². The average molecular weight is 227 g/mol. The van der Waals surface area contributed by atoms with Crippen LogP contribution in [-0.2, 0) is 16.0 Å². The topological polar surface area (TPSA) is 43.4 Å². The molecule has 0 aromatic heterocycles. The molecular weight excluding hydrogens is 216 g/mol. The Morgan fingerprint density at radius 2 is 2.20 bits per heavy atom. The minimum absolute atomic E-state index is 0.0615. The number of methoxy groups -OCH3 is 1. The Hall–Kier alpha value is -1.35. The minimum Gasteiger partial charge on any atom is -0.469 e. The summed E-state index contributed by atoms with van der Waals surface area (Å²) in [6.45, 7) is 1.77. The van der Waals surface area contributed by atoms with E-state index in [0.29, 0.717) is 16.1 Å². The van der Waals surface area contributed by atoms with E-state index in [2.05, 4.69) is 4.74 Å². The van der Waals surface area contributed by atoms with E-state index >= 15 is 0 Å². The molecule has 4 heteroatoms. The molecule has 0 bridgehead atoms. The van der Waals surface area contributed by atoms with Gasteiger partial charge in [0, 0.05) is 10.6 Å². The maximum Gasteiger partial charge on any atom is 0.310 e. The number of esters is 1. The highest BCUT2D eigenvalue weighted by atomic mass is 35.5. The van der Waals surface area contributed by atoms with E-state index in [1.54, 1.807) is 19.1 Å². The van der Waals surface area contributed by atoms with Gasteiger partial charge in [-0.3, -0.25) is 9.59 Å². The number of carbonyl (C=O) groups excluding carboxylic acids is 2. The van der Waals surface area contributed by atoms with Crippen LogP contribution in [0.25, 0.3) is 0 Å². The van der Waals surface area contributed by atoms with E-state index in [9.17, 15) is 9.59 Å². The first-order valence-electron chi connectivity index (χ1n) is 4.39. The van der Waals surface area contributed by atoms with Crippen LogP contribution in [0.4, 0.5) is 0 Å². The number of carbonyl (C=O) groups is 2. The van der Waals surface area contributed by atoms with Crippen LogP contribution in [0.1, 0.15) is 21.5 Å². The first-order valence-corrected chi connectivity index (χ1v) is 4.77. The smallest absolute Gasteiger partial charge is 0.310 e. The number of aldehydes is 1. The zero-order valence-corrected chi connectivity index (χ0v) is 9.30. The fourth-order valence-corrected chi connectivity index (χ4v) is 1.66. The van der Waals surface area contributed by atoms with Gasteiger partial charge in [-0.25, -0.2) is 0 Å². The Morgan fingerprint density at radius 3 is 2.73 bits per heavy atom. The molecule has 15 heavy (non-hydrogen) atoms. The van der Waals surface area contributed by atoms with Gasteiger partial charge in [0.25, 0.3) is 0 Å². The van der Waals surface area contributed by atoms with Crippen LogP contribution in [0.5, 0.6) is 0 Å². The Bertz CT molecular complexity index is 399.